The number of nitrogens with zero attached hydrogens (tertiary/aromatic N) is 1. The van der Waals surface area contributed by atoms with Crippen LogP contribution in [0, 0.1) is 11.3 Å². The minimum atomic E-state index is -3.11. The van der Waals surface area contributed by atoms with Gasteiger partial charge in [0.15, 0.2) is 9.84 Å². The van der Waals surface area contributed by atoms with E-state index < -0.39 is 15.1 Å². The molecule has 0 aromatic rings. The molecule has 0 aliphatic heterocycles. The van der Waals surface area contributed by atoms with Crippen LogP contribution >= 0.6 is 0 Å². The van der Waals surface area contributed by atoms with Crippen molar-refractivity contribution in [1.82, 2.24) is 0 Å². The van der Waals surface area contributed by atoms with E-state index in [0.29, 0.717) is 0 Å². The zero-order valence-electron chi connectivity index (χ0n) is 4.75. The van der Waals surface area contributed by atoms with Gasteiger partial charge in [-0.05, 0) is 6.92 Å². The van der Waals surface area contributed by atoms with Gasteiger partial charge in [0.1, 0.15) is 5.25 Å². The summed E-state index contributed by atoms with van der Waals surface area (Å²) < 4.78 is 20.7. The summed E-state index contributed by atoms with van der Waals surface area (Å²) in [7, 11) is -3.11. The summed E-state index contributed by atoms with van der Waals surface area (Å²) in [6.07, 6.45) is 1.04. The summed E-state index contributed by atoms with van der Waals surface area (Å²) in [5.74, 6) is 0. The van der Waals surface area contributed by atoms with Gasteiger partial charge < -0.3 is 0 Å². The van der Waals surface area contributed by atoms with Crippen molar-refractivity contribution in [3.05, 3.63) is 0 Å². The number of sulfone groups is 1. The van der Waals surface area contributed by atoms with E-state index >= 15 is 0 Å². The molecule has 0 aromatic heterocycles. The molecule has 0 fully saturated rings. The third-order valence-corrected chi connectivity index (χ3v) is 2.21. The largest absolute Gasteiger partial charge is 0.228 e. The molecule has 0 aliphatic rings. The van der Waals surface area contributed by atoms with E-state index in [0.717, 1.165) is 6.26 Å². The van der Waals surface area contributed by atoms with Crippen LogP contribution in [-0.4, -0.2) is 19.9 Å². The lowest BCUT2D eigenvalue weighted by Gasteiger charge is -1.93. The van der Waals surface area contributed by atoms with Crippen molar-refractivity contribution in [2.24, 2.45) is 0 Å². The highest BCUT2D eigenvalue weighted by Gasteiger charge is 2.11. The third-order valence-electron chi connectivity index (χ3n) is 0.824. The Kier molecular flexibility index (Phi) is 1.99. The molecule has 0 saturated heterocycles. The molecule has 4 heteroatoms. The van der Waals surface area contributed by atoms with E-state index in [2.05, 4.69) is 0 Å². The van der Waals surface area contributed by atoms with Crippen LogP contribution in [0.15, 0.2) is 0 Å². The van der Waals surface area contributed by atoms with E-state index in [1.165, 1.54) is 6.92 Å². The maximum atomic E-state index is 10.3. The molecular formula is C4H7NO2S. The third kappa shape index (κ3) is 1.94. The fourth-order valence-corrected chi connectivity index (χ4v) is 0.287. The van der Waals surface area contributed by atoms with Gasteiger partial charge in [-0.2, -0.15) is 5.26 Å². The Morgan fingerprint density at radius 2 is 2.00 bits per heavy atom. The molecule has 8 heavy (non-hydrogen) atoms. The first-order valence-corrected chi connectivity index (χ1v) is 4.02. The summed E-state index contributed by atoms with van der Waals surface area (Å²) in [4.78, 5) is 0. The summed E-state index contributed by atoms with van der Waals surface area (Å²) in [5.41, 5.74) is 0. The predicted octanol–water partition coefficient (Wildman–Crippen LogP) is -0.0569. The lowest BCUT2D eigenvalue weighted by molar-refractivity contribution is 0.598. The Morgan fingerprint density at radius 3 is 2.00 bits per heavy atom. The Labute approximate surface area is 48.9 Å². The Hall–Kier alpha value is -0.560. The summed E-state index contributed by atoms with van der Waals surface area (Å²) in [6.45, 7) is 1.36. The molecule has 0 amide bonds. The van der Waals surface area contributed by atoms with Crippen LogP contribution in [0.5, 0.6) is 0 Å². The Morgan fingerprint density at radius 1 is 1.62 bits per heavy atom. The average molecular weight is 133 g/mol. The van der Waals surface area contributed by atoms with Crippen molar-refractivity contribution in [3.63, 3.8) is 0 Å². The molecular weight excluding hydrogens is 126 g/mol. The average Bonchev–Trinajstić information content (AvgIpc) is 1.62. The molecule has 1 atom stereocenters. The fourth-order valence-electron chi connectivity index (χ4n) is 0.0957. The van der Waals surface area contributed by atoms with Gasteiger partial charge in [0.05, 0.1) is 6.07 Å². The second-order valence-electron chi connectivity index (χ2n) is 1.60. The maximum absolute atomic E-state index is 10.3. The molecule has 0 bridgehead atoms. The van der Waals surface area contributed by atoms with Crippen molar-refractivity contribution in [2.75, 3.05) is 6.26 Å². The molecule has 3 nitrogen and oxygen atoms in total. The Bertz CT molecular complexity index is 199. The maximum Gasteiger partial charge on any atom is 0.163 e. The smallest absolute Gasteiger partial charge is 0.163 e. The summed E-state index contributed by atoms with van der Waals surface area (Å²) in [6, 6.07) is 1.62. The van der Waals surface area contributed by atoms with Crippen molar-refractivity contribution >= 4 is 9.84 Å². The molecule has 0 aliphatic carbocycles. The van der Waals surface area contributed by atoms with Crippen LogP contribution in [0.4, 0.5) is 0 Å². The predicted molar refractivity (Wildman–Crippen MR) is 29.9 cm³/mol. The first-order valence-electron chi connectivity index (χ1n) is 2.07. The molecule has 0 saturated carbocycles. The molecule has 0 rings (SSSR count). The highest BCUT2D eigenvalue weighted by Crippen LogP contribution is 1.92. The molecule has 0 radical (unpaired) electrons. The van der Waals surface area contributed by atoms with Crippen LogP contribution < -0.4 is 0 Å². The van der Waals surface area contributed by atoms with E-state index in [4.69, 9.17) is 5.26 Å². The van der Waals surface area contributed by atoms with Crippen LogP contribution in [0.3, 0.4) is 0 Å². The lowest BCUT2D eigenvalue weighted by atomic mass is 10.5. The lowest BCUT2D eigenvalue weighted by Crippen LogP contribution is -2.12. The molecule has 0 aromatic carbocycles. The van der Waals surface area contributed by atoms with E-state index in [1.807, 2.05) is 0 Å². The normalized spacial score (nSPS) is 14.6. The zero-order chi connectivity index (χ0) is 6.78. The van der Waals surface area contributed by atoms with Crippen LogP contribution in [0.1, 0.15) is 6.92 Å². The monoisotopic (exact) mass is 133 g/mol. The van der Waals surface area contributed by atoms with Gasteiger partial charge in [-0.1, -0.05) is 0 Å². The molecule has 46 valence electrons. The van der Waals surface area contributed by atoms with Crippen molar-refractivity contribution in [3.8, 4) is 6.07 Å². The molecule has 0 unspecified atom stereocenters. The van der Waals surface area contributed by atoms with Crippen LogP contribution in [0.2, 0.25) is 0 Å². The van der Waals surface area contributed by atoms with Gasteiger partial charge in [0, 0.05) is 6.26 Å². The van der Waals surface area contributed by atoms with Gasteiger partial charge >= 0.3 is 0 Å². The second-order valence-corrected chi connectivity index (χ2v) is 3.97. The van der Waals surface area contributed by atoms with Crippen molar-refractivity contribution < 1.29 is 8.42 Å². The molecule has 0 heterocycles. The standard InChI is InChI=1S/C4H7NO2S/c1-4(3-5)8(2,6)7/h4H,1-2H3/t4-/m0/s1. The second kappa shape index (κ2) is 2.14. The van der Waals surface area contributed by atoms with Crippen LogP contribution in [0.25, 0.3) is 0 Å². The van der Waals surface area contributed by atoms with Gasteiger partial charge in [-0.15, -0.1) is 0 Å². The van der Waals surface area contributed by atoms with Gasteiger partial charge in [0.25, 0.3) is 0 Å². The first-order chi connectivity index (χ1) is 3.48. The minimum Gasteiger partial charge on any atom is -0.228 e. The van der Waals surface area contributed by atoms with Crippen LogP contribution in [-0.2, 0) is 9.84 Å². The fraction of sp³-hybridized carbons (Fsp3) is 0.750. The summed E-state index contributed by atoms with van der Waals surface area (Å²) >= 11 is 0. The van der Waals surface area contributed by atoms with Gasteiger partial charge in [-0.3, -0.25) is 0 Å². The number of nitriles is 1. The number of rotatable bonds is 1. The quantitative estimate of drug-likeness (QED) is 0.503. The van der Waals surface area contributed by atoms with Gasteiger partial charge in [-0.25, -0.2) is 8.42 Å². The first kappa shape index (κ1) is 7.44. The zero-order valence-corrected chi connectivity index (χ0v) is 5.57. The Balaban J connectivity index is 4.34. The molecule has 0 N–H and O–H groups in total. The molecule has 0 spiro atoms. The van der Waals surface area contributed by atoms with Crippen molar-refractivity contribution in [1.29, 1.82) is 5.26 Å². The highest BCUT2D eigenvalue weighted by molar-refractivity contribution is 7.91. The van der Waals surface area contributed by atoms with E-state index in [9.17, 15) is 8.42 Å². The van der Waals surface area contributed by atoms with E-state index in [-0.39, 0.29) is 0 Å². The van der Waals surface area contributed by atoms with Crippen molar-refractivity contribution in [2.45, 2.75) is 12.2 Å². The minimum absolute atomic E-state index is 0.873. The number of hydrogen-bond acceptors (Lipinski definition) is 3. The topological polar surface area (TPSA) is 57.9 Å². The number of hydrogen-bond donors (Lipinski definition) is 0. The highest BCUT2D eigenvalue weighted by atomic mass is 32.2. The van der Waals surface area contributed by atoms with E-state index in [1.54, 1.807) is 6.07 Å². The van der Waals surface area contributed by atoms with Gasteiger partial charge in [0.2, 0.25) is 0 Å². The SMILES string of the molecule is C[C@@H](C#N)S(C)(=O)=O. The summed E-state index contributed by atoms with van der Waals surface area (Å²) in [5, 5.41) is 7.17.